The number of nitrogens with one attached hydrogen (secondary N) is 1. The van der Waals surface area contributed by atoms with Crippen LogP contribution in [0.15, 0.2) is 30.6 Å². The van der Waals surface area contributed by atoms with Gasteiger partial charge < -0.3 is 5.32 Å². The molecule has 0 aromatic carbocycles. The van der Waals surface area contributed by atoms with Crippen molar-refractivity contribution in [2.24, 2.45) is 0 Å². The van der Waals surface area contributed by atoms with E-state index in [1.807, 2.05) is 12.1 Å². The van der Waals surface area contributed by atoms with Crippen molar-refractivity contribution in [3.05, 3.63) is 41.9 Å². The molecule has 2 aromatic heterocycles. The SMILES string of the molecule is CCCNCc1ccnc(-c2ncccc2CC)n1. The van der Waals surface area contributed by atoms with Crippen molar-refractivity contribution in [1.29, 1.82) is 0 Å². The summed E-state index contributed by atoms with van der Waals surface area (Å²) >= 11 is 0. The lowest BCUT2D eigenvalue weighted by Crippen LogP contribution is -2.15. The molecule has 2 rings (SSSR count). The van der Waals surface area contributed by atoms with Gasteiger partial charge in [-0.15, -0.1) is 0 Å². The van der Waals surface area contributed by atoms with Crippen LogP contribution in [0.5, 0.6) is 0 Å². The summed E-state index contributed by atoms with van der Waals surface area (Å²) in [5.74, 6) is 0.716. The summed E-state index contributed by atoms with van der Waals surface area (Å²) in [5, 5.41) is 3.35. The van der Waals surface area contributed by atoms with E-state index in [0.717, 1.165) is 37.3 Å². The van der Waals surface area contributed by atoms with Crippen LogP contribution in [0.4, 0.5) is 0 Å². The van der Waals surface area contributed by atoms with E-state index in [1.54, 1.807) is 12.4 Å². The molecule has 2 aromatic rings. The summed E-state index contributed by atoms with van der Waals surface area (Å²) in [5.41, 5.74) is 3.08. The first-order valence-electron chi connectivity index (χ1n) is 6.82. The molecule has 0 aliphatic rings. The second-order valence-electron chi connectivity index (χ2n) is 4.41. The van der Waals surface area contributed by atoms with E-state index < -0.39 is 0 Å². The van der Waals surface area contributed by atoms with E-state index in [0.29, 0.717) is 5.82 Å². The highest BCUT2D eigenvalue weighted by Gasteiger charge is 2.08. The van der Waals surface area contributed by atoms with Crippen LogP contribution >= 0.6 is 0 Å². The molecule has 0 bridgehead atoms. The van der Waals surface area contributed by atoms with E-state index in [4.69, 9.17) is 0 Å². The van der Waals surface area contributed by atoms with Gasteiger partial charge in [0.2, 0.25) is 0 Å². The number of rotatable bonds is 6. The molecule has 0 radical (unpaired) electrons. The number of pyridine rings is 1. The zero-order chi connectivity index (χ0) is 13.5. The fourth-order valence-electron chi connectivity index (χ4n) is 1.93. The Morgan fingerprint density at radius 2 is 2.00 bits per heavy atom. The zero-order valence-electron chi connectivity index (χ0n) is 11.6. The Morgan fingerprint density at radius 3 is 2.79 bits per heavy atom. The van der Waals surface area contributed by atoms with Crippen LogP contribution in [-0.4, -0.2) is 21.5 Å². The number of aryl methyl sites for hydroxylation is 1. The molecule has 4 heteroatoms. The summed E-state index contributed by atoms with van der Waals surface area (Å²) in [7, 11) is 0. The molecule has 4 nitrogen and oxygen atoms in total. The first-order valence-corrected chi connectivity index (χ1v) is 6.82. The Morgan fingerprint density at radius 1 is 1.11 bits per heavy atom. The third-order valence-corrected chi connectivity index (χ3v) is 2.93. The molecule has 0 saturated carbocycles. The molecular formula is C15H20N4. The Bertz CT molecular complexity index is 525. The predicted molar refractivity (Wildman–Crippen MR) is 76.6 cm³/mol. The predicted octanol–water partition coefficient (Wildman–Crippen LogP) is 2.60. The Hall–Kier alpha value is -1.81. The van der Waals surface area contributed by atoms with Gasteiger partial charge >= 0.3 is 0 Å². The van der Waals surface area contributed by atoms with Crippen LogP contribution in [0.25, 0.3) is 11.5 Å². The highest BCUT2D eigenvalue weighted by molar-refractivity contribution is 5.54. The summed E-state index contributed by atoms with van der Waals surface area (Å²) in [6.45, 7) is 6.05. The van der Waals surface area contributed by atoms with Crippen molar-refractivity contribution in [2.75, 3.05) is 6.54 Å². The second-order valence-corrected chi connectivity index (χ2v) is 4.41. The molecule has 0 amide bonds. The van der Waals surface area contributed by atoms with Gasteiger partial charge in [-0.05, 0) is 37.1 Å². The number of nitrogens with zero attached hydrogens (tertiary/aromatic N) is 3. The summed E-state index contributed by atoms with van der Waals surface area (Å²) in [6.07, 6.45) is 5.66. The van der Waals surface area contributed by atoms with Crippen molar-refractivity contribution in [3.8, 4) is 11.5 Å². The average Bonchev–Trinajstić information content (AvgIpc) is 2.48. The lowest BCUT2D eigenvalue weighted by atomic mass is 10.1. The fraction of sp³-hybridized carbons (Fsp3) is 0.400. The maximum Gasteiger partial charge on any atom is 0.178 e. The first-order chi connectivity index (χ1) is 9.35. The Kier molecular flexibility index (Phi) is 4.98. The van der Waals surface area contributed by atoms with Crippen LogP contribution < -0.4 is 5.32 Å². The summed E-state index contributed by atoms with van der Waals surface area (Å²) in [4.78, 5) is 13.3. The van der Waals surface area contributed by atoms with Crippen LogP contribution in [0.1, 0.15) is 31.5 Å². The standard InChI is InChI=1S/C15H20N4/c1-3-8-16-11-13-7-10-18-15(19-13)14-12(4-2)6-5-9-17-14/h5-7,9-10,16H,3-4,8,11H2,1-2H3. The fourth-order valence-corrected chi connectivity index (χ4v) is 1.93. The summed E-state index contributed by atoms with van der Waals surface area (Å²) in [6, 6.07) is 5.98. The van der Waals surface area contributed by atoms with Crippen LogP contribution in [0.2, 0.25) is 0 Å². The maximum atomic E-state index is 4.59. The van der Waals surface area contributed by atoms with Gasteiger partial charge in [0.1, 0.15) is 5.69 Å². The molecule has 0 fully saturated rings. The van der Waals surface area contributed by atoms with Gasteiger partial charge in [0.25, 0.3) is 0 Å². The Balaban J connectivity index is 2.22. The van der Waals surface area contributed by atoms with Gasteiger partial charge in [-0.2, -0.15) is 0 Å². The van der Waals surface area contributed by atoms with Gasteiger partial charge in [0.15, 0.2) is 5.82 Å². The number of aromatic nitrogens is 3. The minimum absolute atomic E-state index is 0.716. The molecule has 0 atom stereocenters. The van der Waals surface area contributed by atoms with Crippen molar-refractivity contribution < 1.29 is 0 Å². The molecular weight excluding hydrogens is 236 g/mol. The van der Waals surface area contributed by atoms with E-state index in [1.165, 1.54) is 5.56 Å². The number of hydrogen-bond donors (Lipinski definition) is 1. The largest absolute Gasteiger partial charge is 0.311 e. The number of hydrogen-bond acceptors (Lipinski definition) is 4. The molecule has 19 heavy (non-hydrogen) atoms. The van der Waals surface area contributed by atoms with Crippen LogP contribution in [0.3, 0.4) is 0 Å². The maximum absolute atomic E-state index is 4.59. The van der Waals surface area contributed by atoms with Crippen molar-refractivity contribution in [3.63, 3.8) is 0 Å². The lowest BCUT2D eigenvalue weighted by Gasteiger charge is -2.07. The van der Waals surface area contributed by atoms with Crippen LogP contribution in [-0.2, 0) is 13.0 Å². The highest BCUT2D eigenvalue weighted by Crippen LogP contribution is 2.17. The van der Waals surface area contributed by atoms with E-state index in [9.17, 15) is 0 Å². The third kappa shape index (κ3) is 3.58. The lowest BCUT2D eigenvalue weighted by molar-refractivity contribution is 0.663. The van der Waals surface area contributed by atoms with Crippen molar-refractivity contribution >= 4 is 0 Å². The third-order valence-electron chi connectivity index (χ3n) is 2.93. The van der Waals surface area contributed by atoms with Crippen LogP contribution in [0, 0.1) is 0 Å². The minimum Gasteiger partial charge on any atom is -0.311 e. The minimum atomic E-state index is 0.716. The topological polar surface area (TPSA) is 50.7 Å². The average molecular weight is 256 g/mol. The smallest absolute Gasteiger partial charge is 0.178 e. The van der Waals surface area contributed by atoms with Gasteiger partial charge in [-0.1, -0.05) is 19.9 Å². The van der Waals surface area contributed by atoms with Gasteiger partial charge in [-0.3, -0.25) is 4.98 Å². The van der Waals surface area contributed by atoms with Crippen molar-refractivity contribution in [1.82, 2.24) is 20.3 Å². The van der Waals surface area contributed by atoms with Gasteiger partial charge in [0, 0.05) is 18.9 Å². The van der Waals surface area contributed by atoms with Crippen molar-refractivity contribution in [2.45, 2.75) is 33.2 Å². The quantitative estimate of drug-likeness (QED) is 0.807. The van der Waals surface area contributed by atoms with E-state index in [2.05, 4.69) is 40.2 Å². The molecule has 0 aliphatic carbocycles. The highest BCUT2D eigenvalue weighted by atomic mass is 14.9. The molecule has 0 saturated heterocycles. The first kappa shape index (κ1) is 13.6. The summed E-state index contributed by atoms with van der Waals surface area (Å²) < 4.78 is 0. The van der Waals surface area contributed by atoms with Gasteiger partial charge in [0.05, 0.1) is 5.69 Å². The zero-order valence-corrected chi connectivity index (χ0v) is 11.6. The molecule has 0 aliphatic heterocycles. The normalized spacial score (nSPS) is 10.6. The monoisotopic (exact) mass is 256 g/mol. The van der Waals surface area contributed by atoms with E-state index >= 15 is 0 Å². The molecule has 100 valence electrons. The molecule has 1 N–H and O–H groups in total. The molecule has 0 spiro atoms. The molecule has 0 unspecified atom stereocenters. The van der Waals surface area contributed by atoms with Gasteiger partial charge in [-0.25, -0.2) is 9.97 Å². The molecule has 2 heterocycles. The second kappa shape index (κ2) is 6.95. The van der Waals surface area contributed by atoms with E-state index in [-0.39, 0.29) is 0 Å². The Labute approximate surface area is 114 Å².